The van der Waals surface area contributed by atoms with E-state index in [2.05, 4.69) is 0 Å². The van der Waals surface area contributed by atoms with Crippen LogP contribution in [0.3, 0.4) is 0 Å². The normalized spacial score (nSPS) is 22.2. The van der Waals surface area contributed by atoms with Crippen molar-refractivity contribution in [1.82, 2.24) is 10.6 Å². The zero-order valence-electron chi connectivity index (χ0n) is 8.60. The molecule has 8 heteroatoms. The average molecular weight is 248 g/mol. The van der Waals surface area contributed by atoms with Crippen LogP contribution >= 0.6 is 0 Å². The molecule has 2 N–H and O–H groups in total. The summed E-state index contributed by atoms with van der Waals surface area (Å²) in [5, 5.41) is 49.0. The predicted octanol–water partition coefficient (Wildman–Crippen LogP) is -5.16. The van der Waals surface area contributed by atoms with Crippen molar-refractivity contribution in [3.8, 4) is 0 Å². The highest BCUT2D eigenvalue weighted by molar-refractivity contribution is 6.05. The maximum Gasteiger partial charge on any atom is 0.249 e. The first-order valence-corrected chi connectivity index (χ1v) is 4.88. The molecule has 0 aromatic heterocycles. The Morgan fingerprint density at radius 1 is 0.778 bits per heavy atom. The van der Waals surface area contributed by atoms with Gasteiger partial charge in [0, 0.05) is 11.1 Å². The second-order valence-electron chi connectivity index (χ2n) is 4.08. The number of fused-ring (bicyclic) bond motifs is 2. The van der Waals surface area contributed by atoms with Crippen LogP contribution < -0.4 is 31.1 Å². The molecular formula is C10H4N2O6-4. The molecule has 0 saturated heterocycles. The largest absolute Gasteiger partial charge is 0.844 e. The number of amides is 2. The van der Waals surface area contributed by atoms with Crippen LogP contribution in [0.5, 0.6) is 0 Å². The number of carbonyl (C=O) groups excluding carboxylic acids is 2. The number of carbonyl (C=O) groups is 2. The lowest BCUT2D eigenvalue weighted by molar-refractivity contribution is -0.741. The molecule has 2 aliphatic rings. The van der Waals surface area contributed by atoms with Crippen molar-refractivity contribution in [3.63, 3.8) is 0 Å². The molecule has 0 unspecified atom stereocenters. The molecule has 0 radical (unpaired) electrons. The fourth-order valence-electron chi connectivity index (χ4n) is 2.09. The Hall–Kier alpha value is -2.00. The van der Waals surface area contributed by atoms with Gasteiger partial charge < -0.3 is 31.1 Å². The smallest absolute Gasteiger partial charge is 0.249 e. The second-order valence-corrected chi connectivity index (χ2v) is 4.08. The van der Waals surface area contributed by atoms with Crippen LogP contribution in [0, 0.1) is 0 Å². The molecule has 8 nitrogen and oxygen atoms in total. The number of hydrogen-bond acceptors (Lipinski definition) is 6. The van der Waals surface area contributed by atoms with Crippen molar-refractivity contribution in [2.45, 2.75) is 11.8 Å². The molecule has 3 rings (SSSR count). The number of hydrogen-bond donors (Lipinski definition) is 2. The first-order valence-electron chi connectivity index (χ1n) is 4.88. The Kier molecular flexibility index (Phi) is 1.77. The van der Waals surface area contributed by atoms with Crippen LogP contribution in [-0.4, -0.2) is 11.8 Å². The second kappa shape index (κ2) is 2.87. The van der Waals surface area contributed by atoms with Crippen molar-refractivity contribution in [1.29, 1.82) is 0 Å². The quantitative estimate of drug-likeness (QED) is 0.438. The molecule has 0 spiro atoms. The molecule has 0 aliphatic carbocycles. The third-order valence-electron chi connectivity index (χ3n) is 2.91. The van der Waals surface area contributed by atoms with E-state index < -0.39 is 34.8 Å². The molecule has 1 aromatic rings. The van der Waals surface area contributed by atoms with Crippen molar-refractivity contribution < 1.29 is 30.0 Å². The van der Waals surface area contributed by atoms with Gasteiger partial charge in [-0.2, -0.15) is 0 Å². The number of nitrogens with one attached hydrogen (secondary N) is 2. The Morgan fingerprint density at radius 2 is 1.17 bits per heavy atom. The summed E-state index contributed by atoms with van der Waals surface area (Å²) in [5.41, 5.74) is -1.66. The van der Waals surface area contributed by atoms with Crippen LogP contribution in [-0.2, 0) is 11.8 Å². The summed E-state index contributed by atoms with van der Waals surface area (Å²) < 4.78 is 0. The summed E-state index contributed by atoms with van der Waals surface area (Å²) >= 11 is 0. The molecule has 0 saturated carbocycles. The van der Waals surface area contributed by atoms with E-state index in [1.54, 1.807) is 10.6 Å². The summed E-state index contributed by atoms with van der Waals surface area (Å²) in [6.07, 6.45) is 0. The minimum Gasteiger partial charge on any atom is -0.844 e. The lowest BCUT2D eigenvalue weighted by atomic mass is 9.98. The Bertz CT molecular complexity index is 557. The first kappa shape index (κ1) is 11.1. The molecular weight excluding hydrogens is 244 g/mol. The van der Waals surface area contributed by atoms with E-state index in [9.17, 15) is 30.0 Å². The predicted molar refractivity (Wildman–Crippen MR) is 44.7 cm³/mol. The van der Waals surface area contributed by atoms with Crippen molar-refractivity contribution in [2.75, 3.05) is 0 Å². The molecule has 0 fully saturated rings. The molecule has 2 aliphatic heterocycles. The lowest BCUT2D eigenvalue weighted by Gasteiger charge is -2.47. The van der Waals surface area contributed by atoms with Crippen molar-refractivity contribution in [2.24, 2.45) is 0 Å². The van der Waals surface area contributed by atoms with E-state index in [1.165, 1.54) is 0 Å². The van der Waals surface area contributed by atoms with Crippen LogP contribution in [0.25, 0.3) is 0 Å². The zero-order valence-corrected chi connectivity index (χ0v) is 8.60. The van der Waals surface area contributed by atoms with Crippen LogP contribution in [0.4, 0.5) is 0 Å². The summed E-state index contributed by atoms with van der Waals surface area (Å²) in [6.45, 7) is 0. The van der Waals surface area contributed by atoms with Gasteiger partial charge in [-0.3, -0.25) is 9.59 Å². The van der Waals surface area contributed by atoms with Gasteiger partial charge in [-0.1, -0.05) is 17.9 Å². The Labute approximate surface area is 99.5 Å². The number of rotatable bonds is 0. The van der Waals surface area contributed by atoms with E-state index in [-0.39, 0.29) is 11.1 Å². The summed E-state index contributed by atoms with van der Waals surface area (Å²) in [4.78, 5) is 22.7. The van der Waals surface area contributed by atoms with Gasteiger partial charge in [0.15, 0.2) is 0 Å². The fourth-order valence-corrected chi connectivity index (χ4v) is 2.09. The first-order chi connectivity index (χ1) is 8.22. The molecule has 0 bridgehead atoms. The van der Waals surface area contributed by atoms with Crippen LogP contribution in [0.1, 0.15) is 31.8 Å². The van der Waals surface area contributed by atoms with Crippen molar-refractivity contribution in [3.05, 3.63) is 34.4 Å². The van der Waals surface area contributed by atoms with Crippen LogP contribution in [0.2, 0.25) is 0 Å². The average Bonchev–Trinajstić information content (AvgIpc) is 2.59. The minimum atomic E-state index is -3.15. The zero-order chi connectivity index (χ0) is 13.3. The van der Waals surface area contributed by atoms with E-state index in [0.29, 0.717) is 0 Å². The minimum absolute atomic E-state index is 0.286. The fraction of sp³-hybridized carbons (Fsp3) is 0.200. The monoisotopic (exact) mass is 248 g/mol. The van der Waals surface area contributed by atoms with E-state index in [1.807, 2.05) is 0 Å². The van der Waals surface area contributed by atoms with Crippen molar-refractivity contribution >= 4 is 11.8 Å². The molecule has 2 amide bonds. The highest BCUT2D eigenvalue weighted by Gasteiger charge is 2.32. The standard InChI is InChI=1S/C10H4N2O6/c13-7-3-1-4-6(10(17,18)12-8(4)14)2-5(3)9(15,16)11-7/h1-2H,(H,11,13)(H,12,14)/q-4. The Morgan fingerprint density at radius 3 is 1.56 bits per heavy atom. The molecule has 18 heavy (non-hydrogen) atoms. The van der Waals surface area contributed by atoms with Gasteiger partial charge in [0.2, 0.25) is 11.8 Å². The third-order valence-corrected chi connectivity index (χ3v) is 2.91. The molecule has 0 atom stereocenters. The molecule has 94 valence electrons. The van der Waals surface area contributed by atoms with Gasteiger partial charge in [0.1, 0.15) is 0 Å². The van der Waals surface area contributed by atoms with Gasteiger partial charge in [-0.15, -0.1) is 0 Å². The summed E-state index contributed by atoms with van der Waals surface area (Å²) in [6, 6.07) is 1.66. The third kappa shape index (κ3) is 1.22. The maximum atomic E-state index is 11.4. The maximum absolute atomic E-state index is 11.4. The van der Waals surface area contributed by atoms with E-state index in [0.717, 1.165) is 12.1 Å². The highest BCUT2D eigenvalue weighted by atomic mass is 16.5. The lowest BCUT2D eigenvalue weighted by Crippen LogP contribution is -2.62. The van der Waals surface area contributed by atoms with Gasteiger partial charge in [0.05, 0.1) is 0 Å². The van der Waals surface area contributed by atoms with Gasteiger partial charge in [-0.25, -0.2) is 0 Å². The van der Waals surface area contributed by atoms with E-state index >= 15 is 0 Å². The van der Waals surface area contributed by atoms with Gasteiger partial charge >= 0.3 is 0 Å². The highest BCUT2D eigenvalue weighted by Crippen LogP contribution is 2.31. The summed E-state index contributed by atoms with van der Waals surface area (Å²) in [7, 11) is 0. The molecule has 1 aromatic carbocycles. The molecule has 2 heterocycles. The van der Waals surface area contributed by atoms with Gasteiger partial charge in [-0.05, 0) is 17.2 Å². The van der Waals surface area contributed by atoms with Gasteiger partial charge in [0.25, 0.3) is 0 Å². The Balaban J connectivity index is 2.31. The van der Waals surface area contributed by atoms with Crippen LogP contribution in [0.15, 0.2) is 12.1 Å². The van der Waals surface area contributed by atoms with E-state index in [4.69, 9.17) is 0 Å². The number of benzene rings is 1. The topological polar surface area (TPSA) is 150 Å². The SMILES string of the molecule is O=C1NC([O-])([O-])c2cc3c(cc21)C(=O)NC3([O-])[O-]. The summed E-state index contributed by atoms with van der Waals surface area (Å²) in [5.74, 6) is -8.16.